The fourth-order valence-electron chi connectivity index (χ4n) is 2.73. The highest BCUT2D eigenvalue weighted by Crippen LogP contribution is 2.25. The van der Waals surface area contributed by atoms with Gasteiger partial charge in [-0.1, -0.05) is 12.1 Å². The number of amides is 1. The molecule has 2 N–H and O–H groups in total. The van der Waals surface area contributed by atoms with Gasteiger partial charge in [-0.05, 0) is 39.3 Å². The SMILES string of the molecule is CCOC(=O)c1c(C)[nH]c(/C(C)=N/NC(=O)COc2ccccc2[N+](=O)[O-])c1C. The highest BCUT2D eigenvalue weighted by atomic mass is 16.6. The van der Waals surface area contributed by atoms with Crippen molar-refractivity contribution in [1.29, 1.82) is 0 Å². The predicted molar refractivity (Wildman–Crippen MR) is 105 cm³/mol. The van der Waals surface area contributed by atoms with E-state index in [1.807, 2.05) is 0 Å². The minimum atomic E-state index is -0.590. The molecule has 1 aromatic carbocycles. The second-order valence-corrected chi connectivity index (χ2v) is 6.09. The summed E-state index contributed by atoms with van der Waals surface area (Å²) in [5.74, 6) is -1.03. The zero-order chi connectivity index (χ0) is 21.6. The monoisotopic (exact) mass is 402 g/mol. The summed E-state index contributed by atoms with van der Waals surface area (Å²) >= 11 is 0. The third kappa shape index (κ3) is 5.18. The van der Waals surface area contributed by atoms with Crippen LogP contribution in [0.5, 0.6) is 5.75 Å². The van der Waals surface area contributed by atoms with Gasteiger partial charge in [-0.25, -0.2) is 10.2 Å². The smallest absolute Gasteiger partial charge is 0.340 e. The van der Waals surface area contributed by atoms with Gasteiger partial charge in [0.05, 0.1) is 28.5 Å². The lowest BCUT2D eigenvalue weighted by Crippen LogP contribution is -2.26. The van der Waals surface area contributed by atoms with E-state index in [-0.39, 0.29) is 18.0 Å². The maximum Gasteiger partial charge on any atom is 0.340 e. The van der Waals surface area contributed by atoms with E-state index in [2.05, 4.69) is 15.5 Å². The highest BCUT2D eigenvalue weighted by molar-refractivity contribution is 6.03. The van der Waals surface area contributed by atoms with Crippen LogP contribution in [0.2, 0.25) is 0 Å². The van der Waals surface area contributed by atoms with Crippen LogP contribution in [0.15, 0.2) is 29.4 Å². The summed E-state index contributed by atoms with van der Waals surface area (Å²) in [6.45, 7) is 6.71. The molecule has 0 aliphatic rings. The number of aryl methyl sites for hydroxylation is 1. The van der Waals surface area contributed by atoms with Crippen LogP contribution in [0.1, 0.15) is 41.2 Å². The van der Waals surface area contributed by atoms with Crippen LogP contribution in [0.25, 0.3) is 0 Å². The Balaban J connectivity index is 2.05. The van der Waals surface area contributed by atoms with Gasteiger partial charge in [0.1, 0.15) is 0 Å². The largest absolute Gasteiger partial charge is 0.477 e. The van der Waals surface area contributed by atoms with Gasteiger partial charge in [0.15, 0.2) is 12.4 Å². The topological polar surface area (TPSA) is 136 Å². The molecular formula is C19H22N4O6. The Labute approximate surface area is 167 Å². The van der Waals surface area contributed by atoms with Gasteiger partial charge in [-0.3, -0.25) is 14.9 Å². The molecular weight excluding hydrogens is 380 g/mol. The standard InChI is InChI=1S/C19H22N4O6/c1-5-28-19(25)17-11(2)18(20-12(17)3)13(4)21-22-16(24)10-29-15-9-7-6-8-14(15)23(26)27/h6-9,20H,5,10H2,1-4H3,(H,22,24)/b21-13+. The maximum atomic E-state index is 12.1. The molecule has 0 aliphatic carbocycles. The number of nitrogens with zero attached hydrogens (tertiary/aromatic N) is 2. The lowest BCUT2D eigenvalue weighted by Gasteiger charge is -2.06. The van der Waals surface area contributed by atoms with Crippen molar-refractivity contribution in [3.8, 4) is 5.75 Å². The lowest BCUT2D eigenvalue weighted by molar-refractivity contribution is -0.385. The van der Waals surface area contributed by atoms with Crippen molar-refractivity contribution < 1.29 is 24.0 Å². The van der Waals surface area contributed by atoms with Crippen LogP contribution in [-0.4, -0.2) is 40.7 Å². The molecule has 0 saturated heterocycles. The molecule has 1 aromatic heterocycles. The molecule has 1 amide bonds. The molecule has 154 valence electrons. The number of nitro benzene ring substituents is 1. The minimum absolute atomic E-state index is 0.0109. The van der Waals surface area contributed by atoms with E-state index in [0.717, 1.165) is 0 Å². The van der Waals surface area contributed by atoms with Gasteiger partial charge in [0.2, 0.25) is 0 Å². The molecule has 29 heavy (non-hydrogen) atoms. The summed E-state index contributed by atoms with van der Waals surface area (Å²) in [7, 11) is 0. The van der Waals surface area contributed by atoms with Crippen molar-refractivity contribution >= 4 is 23.3 Å². The first-order valence-corrected chi connectivity index (χ1v) is 8.82. The molecule has 0 unspecified atom stereocenters. The number of rotatable bonds is 8. The van der Waals surface area contributed by atoms with E-state index in [4.69, 9.17) is 9.47 Å². The molecule has 0 fully saturated rings. The fourth-order valence-corrected chi connectivity index (χ4v) is 2.73. The third-order valence-corrected chi connectivity index (χ3v) is 4.05. The second-order valence-electron chi connectivity index (χ2n) is 6.09. The fraction of sp³-hybridized carbons (Fsp3) is 0.316. The summed E-state index contributed by atoms with van der Waals surface area (Å²) in [5, 5.41) is 15.0. The molecule has 10 heteroatoms. The summed E-state index contributed by atoms with van der Waals surface area (Å²) in [4.78, 5) is 37.5. The Bertz CT molecular complexity index is 964. The lowest BCUT2D eigenvalue weighted by atomic mass is 10.1. The number of para-hydroxylation sites is 2. The molecule has 0 aliphatic heterocycles. The Hall–Kier alpha value is -3.69. The quantitative estimate of drug-likeness (QED) is 0.301. The highest BCUT2D eigenvalue weighted by Gasteiger charge is 2.20. The van der Waals surface area contributed by atoms with Gasteiger partial charge in [-0.15, -0.1) is 0 Å². The average Bonchev–Trinajstić information content (AvgIpc) is 2.99. The Morgan fingerprint density at radius 3 is 2.62 bits per heavy atom. The number of carbonyl (C=O) groups excluding carboxylic acids is 2. The third-order valence-electron chi connectivity index (χ3n) is 4.05. The van der Waals surface area contributed by atoms with Crippen LogP contribution < -0.4 is 10.2 Å². The molecule has 0 bridgehead atoms. The number of carbonyl (C=O) groups is 2. The van der Waals surface area contributed by atoms with Crippen molar-refractivity contribution in [3.63, 3.8) is 0 Å². The van der Waals surface area contributed by atoms with Crippen LogP contribution in [0, 0.1) is 24.0 Å². The molecule has 1 heterocycles. The van der Waals surface area contributed by atoms with E-state index < -0.39 is 23.4 Å². The van der Waals surface area contributed by atoms with Gasteiger partial charge >= 0.3 is 11.7 Å². The van der Waals surface area contributed by atoms with Crippen LogP contribution >= 0.6 is 0 Å². The van der Waals surface area contributed by atoms with Gasteiger partial charge < -0.3 is 14.5 Å². The number of hydrogen-bond acceptors (Lipinski definition) is 7. The first kappa shape index (κ1) is 21.6. The first-order chi connectivity index (χ1) is 13.8. The number of ether oxygens (including phenoxy) is 2. The number of aromatic nitrogens is 1. The number of nitro groups is 1. The second kappa shape index (κ2) is 9.49. The molecule has 2 rings (SSSR count). The van der Waals surface area contributed by atoms with E-state index in [1.54, 1.807) is 33.8 Å². The van der Waals surface area contributed by atoms with Crippen molar-refractivity contribution in [3.05, 3.63) is 56.9 Å². The van der Waals surface area contributed by atoms with E-state index in [0.29, 0.717) is 28.2 Å². The van der Waals surface area contributed by atoms with Crippen LogP contribution in [0.4, 0.5) is 5.69 Å². The Morgan fingerprint density at radius 2 is 1.97 bits per heavy atom. The predicted octanol–water partition coefficient (Wildman–Crippen LogP) is 2.64. The van der Waals surface area contributed by atoms with E-state index in [9.17, 15) is 19.7 Å². The van der Waals surface area contributed by atoms with E-state index in [1.165, 1.54) is 18.2 Å². The first-order valence-electron chi connectivity index (χ1n) is 8.82. The summed E-state index contributed by atoms with van der Waals surface area (Å²) in [5.41, 5.74) is 4.86. The van der Waals surface area contributed by atoms with Gasteiger partial charge in [0.25, 0.3) is 5.91 Å². The number of nitrogens with one attached hydrogen (secondary N) is 2. The number of H-pyrrole nitrogens is 1. The zero-order valence-corrected chi connectivity index (χ0v) is 16.6. The van der Waals surface area contributed by atoms with Crippen LogP contribution in [0.3, 0.4) is 0 Å². The number of benzene rings is 1. The van der Waals surface area contributed by atoms with Crippen molar-refractivity contribution in [1.82, 2.24) is 10.4 Å². The molecule has 0 spiro atoms. The molecule has 0 radical (unpaired) electrons. The van der Waals surface area contributed by atoms with Gasteiger partial charge in [0, 0.05) is 11.8 Å². The number of hydrazone groups is 1. The summed E-state index contributed by atoms with van der Waals surface area (Å²) < 4.78 is 10.3. The van der Waals surface area contributed by atoms with Crippen molar-refractivity contribution in [2.45, 2.75) is 27.7 Å². The van der Waals surface area contributed by atoms with Crippen LogP contribution in [-0.2, 0) is 9.53 Å². The minimum Gasteiger partial charge on any atom is -0.477 e. The average molecular weight is 402 g/mol. The normalized spacial score (nSPS) is 11.1. The zero-order valence-electron chi connectivity index (χ0n) is 16.6. The molecule has 0 atom stereocenters. The molecule has 10 nitrogen and oxygen atoms in total. The van der Waals surface area contributed by atoms with Crippen molar-refractivity contribution in [2.75, 3.05) is 13.2 Å². The Morgan fingerprint density at radius 1 is 1.28 bits per heavy atom. The summed E-state index contributed by atoms with van der Waals surface area (Å²) in [6.07, 6.45) is 0. The summed E-state index contributed by atoms with van der Waals surface area (Å²) in [6, 6.07) is 5.76. The molecule has 0 saturated carbocycles. The number of aromatic amines is 1. The van der Waals surface area contributed by atoms with Crippen molar-refractivity contribution in [2.24, 2.45) is 5.10 Å². The Kier molecular flexibility index (Phi) is 7.07. The number of hydrogen-bond donors (Lipinski definition) is 2. The maximum absolute atomic E-state index is 12.1. The number of esters is 1. The van der Waals surface area contributed by atoms with Gasteiger partial charge in [-0.2, -0.15) is 5.10 Å². The van der Waals surface area contributed by atoms with E-state index >= 15 is 0 Å². The molecule has 2 aromatic rings.